The molecule has 0 spiro atoms. The van der Waals surface area contributed by atoms with Gasteiger partial charge in [0, 0.05) is 35.1 Å². The van der Waals surface area contributed by atoms with E-state index in [0.29, 0.717) is 22.8 Å². The fourth-order valence-corrected chi connectivity index (χ4v) is 6.85. The molecule has 1 aromatic heterocycles. The Morgan fingerprint density at radius 2 is 1.63 bits per heavy atom. The lowest BCUT2D eigenvalue weighted by molar-refractivity contribution is -0.115. The number of thiophene rings is 1. The molecule has 0 radical (unpaired) electrons. The summed E-state index contributed by atoms with van der Waals surface area (Å²) < 4.78 is 5.08. The van der Waals surface area contributed by atoms with Crippen molar-refractivity contribution in [2.24, 2.45) is 0 Å². The molecule has 5 rings (SSSR count). The van der Waals surface area contributed by atoms with Gasteiger partial charge in [-0.05, 0) is 41.3 Å². The molecule has 7 nitrogen and oxygen atoms in total. The number of carbonyl (C=O) groups excluding carboxylic acids is 3. The van der Waals surface area contributed by atoms with Crippen LogP contribution in [-0.4, -0.2) is 42.1 Å². The second-order valence-corrected chi connectivity index (χ2v) is 11.9. The van der Waals surface area contributed by atoms with Gasteiger partial charge in [0.05, 0.1) is 24.8 Å². The Kier molecular flexibility index (Phi) is 9.51. The summed E-state index contributed by atoms with van der Waals surface area (Å²) >= 11 is 2.82. The summed E-state index contributed by atoms with van der Waals surface area (Å²) in [6, 6.07) is 27.3. The molecule has 41 heavy (non-hydrogen) atoms. The molecule has 2 heterocycles. The van der Waals surface area contributed by atoms with E-state index in [4.69, 9.17) is 4.74 Å². The smallest absolute Gasteiger partial charge is 0.341 e. The van der Waals surface area contributed by atoms with Crippen molar-refractivity contribution in [2.45, 2.75) is 30.8 Å². The van der Waals surface area contributed by atoms with Crippen LogP contribution in [0.15, 0.2) is 89.8 Å². The van der Waals surface area contributed by atoms with E-state index in [9.17, 15) is 14.4 Å². The molecule has 0 saturated heterocycles. The number of thioether (sulfide) groups is 1. The van der Waals surface area contributed by atoms with Crippen LogP contribution in [0.2, 0.25) is 0 Å². The number of nitrogens with one attached hydrogen (secondary N) is 2. The summed E-state index contributed by atoms with van der Waals surface area (Å²) in [5.74, 6) is -0.584. The van der Waals surface area contributed by atoms with E-state index in [1.807, 2.05) is 72.8 Å². The molecule has 0 bridgehead atoms. The summed E-state index contributed by atoms with van der Waals surface area (Å²) in [6.45, 7) is 2.37. The number of ether oxygens (including phenoxy) is 1. The highest BCUT2D eigenvalue weighted by Gasteiger charge is 2.29. The zero-order chi connectivity index (χ0) is 28.6. The van der Waals surface area contributed by atoms with Crippen LogP contribution in [0.25, 0.3) is 0 Å². The lowest BCUT2D eigenvalue weighted by atomic mass is 10.0. The van der Waals surface area contributed by atoms with Crippen LogP contribution in [0.1, 0.15) is 31.9 Å². The van der Waals surface area contributed by atoms with Gasteiger partial charge in [0.15, 0.2) is 0 Å². The first-order valence-electron chi connectivity index (χ1n) is 13.3. The zero-order valence-electron chi connectivity index (χ0n) is 22.7. The van der Waals surface area contributed by atoms with Gasteiger partial charge in [-0.3, -0.25) is 14.5 Å². The monoisotopic (exact) mass is 585 g/mol. The van der Waals surface area contributed by atoms with Gasteiger partial charge < -0.3 is 15.4 Å². The van der Waals surface area contributed by atoms with E-state index < -0.39 is 5.97 Å². The third-order valence-electron chi connectivity index (χ3n) is 6.72. The molecule has 210 valence electrons. The average Bonchev–Trinajstić information content (AvgIpc) is 3.33. The summed E-state index contributed by atoms with van der Waals surface area (Å²) in [5.41, 5.74) is 4.29. The molecule has 0 unspecified atom stereocenters. The van der Waals surface area contributed by atoms with Crippen molar-refractivity contribution in [3.8, 4) is 0 Å². The molecule has 3 aromatic carbocycles. The molecule has 4 aromatic rings. The van der Waals surface area contributed by atoms with E-state index >= 15 is 0 Å². The SMILES string of the molecule is COC(=O)c1c(NC(=O)CSc2cccc(NC(=O)Cc3ccccc3)c2)sc2c1CCN(Cc1ccccc1)C2. The number of hydrogen-bond donors (Lipinski definition) is 2. The minimum Gasteiger partial charge on any atom is -0.465 e. The number of methoxy groups -OCH3 is 1. The van der Waals surface area contributed by atoms with E-state index in [2.05, 4.69) is 27.7 Å². The second kappa shape index (κ2) is 13.6. The third kappa shape index (κ3) is 7.64. The summed E-state index contributed by atoms with van der Waals surface area (Å²) in [6.07, 6.45) is 1.01. The Balaban J connectivity index is 1.20. The lowest BCUT2D eigenvalue weighted by Gasteiger charge is -2.27. The van der Waals surface area contributed by atoms with Gasteiger partial charge in [-0.25, -0.2) is 4.79 Å². The molecule has 1 aliphatic rings. The van der Waals surface area contributed by atoms with Crippen molar-refractivity contribution in [3.63, 3.8) is 0 Å². The molecule has 0 atom stereocenters. The summed E-state index contributed by atoms with van der Waals surface area (Å²) in [4.78, 5) is 42.4. The van der Waals surface area contributed by atoms with Gasteiger partial charge in [0.1, 0.15) is 5.00 Å². The van der Waals surface area contributed by atoms with Gasteiger partial charge in [0.2, 0.25) is 11.8 Å². The maximum absolute atomic E-state index is 13.0. The van der Waals surface area contributed by atoms with Crippen molar-refractivity contribution >= 4 is 51.6 Å². The normalized spacial score (nSPS) is 12.8. The minimum absolute atomic E-state index is 0.101. The highest BCUT2D eigenvalue weighted by molar-refractivity contribution is 8.00. The number of anilines is 2. The van der Waals surface area contributed by atoms with Crippen LogP contribution < -0.4 is 10.6 Å². The van der Waals surface area contributed by atoms with Crippen molar-refractivity contribution < 1.29 is 19.1 Å². The number of amides is 2. The maximum atomic E-state index is 13.0. The molecule has 9 heteroatoms. The molecular weight excluding hydrogens is 555 g/mol. The quantitative estimate of drug-likeness (QED) is 0.175. The largest absolute Gasteiger partial charge is 0.465 e. The average molecular weight is 586 g/mol. The molecule has 0 saturated carbocycles. The summed E-state index contributed by atoms with van der Waals surface area (Å²) in [7, 11) is 1.37. The Bertz CT molecular complexity index is 1520. The Hall–Kier alpha value is -3.92. The molecule has 2 amide bonds. The second-order valence-electron chi connectivity index (χ2n) is 9.72. The molecule has 2 N–H and O–H groups in total. The van der Waals surface area contributed by atoms with Gasteiger partial charge in [0.25, 0.3) is 0 Å². The van der Waals surface area contributed by atoms with E-state index in [-0.39, 0.29) is 24.0 Å². The van der Waals surface area contributed by atoms with Crippen molar-refractivity contribution in [1.82, 2.24) is 4.90 Å². The van der Waals surface area contributed by atoms with Crippen molar-refractivity contribution in [1.29, 1.82) is 0 Å². The standard InChI is InChI=1S/C32H31N3O4S2/c1-39-32(38)30-26-15-16-35(19-23-11-6-3-7-12-23)20-27(26)41-31(30)34-29(37)21-40-25-14-8-13-24(18-25)33-28(36)17-22-9-4-2-5-10-22/h2-14,18H,15-17,19-21H2,1H3,(H,33,36)(H,34,37). The molecule has 0 aliphatic carbocycles. The Morgan fingerprint density at radius 1 is 0.902 bits per heavy atom. The predicted molar refractivity (Wildman–Crippen MR) is 164 cm³/mol. The zero-order valence-corrected chi connectivity index (χ0v) is 24.4. The van der Waals surface area contributed by atoms with Crippen LogP contribution in [0.4, 0.5) is 10.7 Å². The minimum atomic E-state index is -0.430. The van der Waals surface area contributed by atoms with Gasteiger partial charge in [-0.15, -0.1) is 23.1 Å². The topological polar surface area (TPSA) is 87.7 Å². The van der Waals surface area contributed by atoms with Crippen molar-refractivity contribution in [3.05, 3.63) is 112 Å². The highest BCUT2D eigenvalue weighted by atomic mass is 32.2. The van der Waals surface area contributed by atoms with Crippen molar-refractivity contribution in [2.75, 3.05) is 30.0 Å². The number of esters is 1. The number of carbonyl (C=O) groups is 3. The molecule has 0 fully saturated rings. The maximum Gasteiger partial charge on any atom is 0.341 e. The fraction of sp³-hybridized carbons (Fsp3) is 0.219. The Morgan fingerprint density at radius 3 is 2.37 bits per heavy atom. The summed E-state index contributed by atoms with van der Waals surface area (Å²) in [5, 5.41) is 6.42. The van der Waals surface area contributed by atoms with Crippen LogP contribution in [-0.2, 0) is 40.3 Å². The third-order valence-corrected chi connectivity index (χ3v) is 8.85. The van der Waals surface area contributed by atoms with E-state index in [1.165, 1.54) is 35.8 Å². The van der Waals surface area contributed by atoms with Gasteiger partial charge in [-0.1, -0.05) is 66.7 Å². The van der Waals surface area contributed by atoms with E-state index in [1.54, 1.807) is 0 Å². The fourth-order valence-electron chi connectivity index (χ4n) is 4.80. The van der Waals surface area contributed by atoms with Gasteiger partial charge in [-0.2, -0.15) is 0 Å². The van der Waals surface area contributed by atoms with E-state index in [0.717, 1.165) is 40.4 Å². The first kappa shape index (κ1) is 28.6. The number of nitrogens with zero attached hydrogens (tertiary/aromatic N) is 1. The number of hydrogen-bond acceptors (Lipinski definition) is 7. The van der Waals surface area contributed by atoms with Crippen LogP contribution >= 0.6 is 23.1 Å². The number of benzene rings is 3. The first-order valence-corrected chi connectivity index (χ1v) is 15.1. The highest BCUT2D eigenvalue weighted by Crippen LogP contribution is 2.38. The van der Waals surface area contributed by atoms with Gasteiger partial charge >= 0.3 is 5.97 Å². The number of fused-ring (bicyclic) bond motifs is 1. The molecule has 1 aliphatic heterocycles. The van der Waals surface area contributed by atoms with Crippen LogP contribution in [0.5, 0.6) is 0 Å². The van der Waals surface area contributed by atoms with Crippen LogP contribution in [0, 0.1) is 0 Å². The number of rotatable bonds is 10. The predicted octanol–water partition coefficient (Wildman–Crippen LogP) is 6.01. The first-order chi connectivity index (χ1) is 20.0. The lowest BCUT2D eigenvalue weighted by Crippen LogP contribution is -2.29. The molecular formula is C32H31N3O4S2. The Labute approximate surface area is 247 Å². The van der Waals surface area contributed by atoms with Crippen LogP contribution in [0.3, 0.4) is 0 Å².